The van der Waals surface area contributed by atoms with Crippen LogP contribution in [0.5, 0.6) is 0 Å². The molecule has 1 aromatic carbocycles. The molecule has 2 aliphatic rings. The molecule has 154 valence electrons. The molecular formula is C22H33N3O3. The van der Waals surface area contributed by atoms with E-state index in [2.05, 4.69) is 22.3 Å². The van der Waals surface area contributed by atoms with Crippen LogP contribution in [0.3, 0.4) is 0 Å². The van der Waals surface area contributed by atoms with E-state index >= 15 is 0 Å². The van der Waals surface area contributed by atoms with Gasteiger partial charge in [0, 0.05) is 31.0 Å². The summed E-state index contributed by atoms with van der Waals surface area (Å²) in [5.41, 5.74) is 2.05. The van der Waals surface area contributed by atoms with Crippen molar-refractivity contribution in [3.63, 3.8) is 0 Å². The number of carbonyl (C=O) groups excluding carboxylic acids is 2. The van der Waals surface area contributed by atoms with Gasteiger partial charge in [0.15, 0.2) is 0 Å². The number of ether oxygens (including phenoxy) is 1. The van der Waals surface area contributed by atoms with Crippen LogP contribution in [-0.4, -0.2) is 56.1 Å². The number of benzene rings is 1. The fourth-order valence-electron chi connectivity index (χ4n) is 4.14. The molecule has 0 bridgehead atoms. The zero-order valence-corrected chi connectivity index (χ0v) is 17.0. The first-order valence-corrected chi connectivity index (χ1v) is 10.7. The standard InChI is InChI=1S/C22H33N3O3/c1-2-28-22(27)18-8-7-13-24(16-18)17-21(26)23-19-9-11-20(12-10-19)25-14-5-3-4-6-15-25/h9-12,18H,2-8,13-17H2,1H3,(H,23,26)/t18-/m0/s1. The van der Waals surface area contributed by atoms with E-state index in [9.17, 15) is 9.59 Å². The monoisotopic (exact) mass is 387 g/mol. The summed E-state index contributed by atoms with van der Waals surface area (Å²) in [5, 5.41) is 2.99. The van der Waals surface area contributed by atoms with E-state index in [0.717, 1.165) is 38.2 Å². The Hall–Kier alpha value is -2.08. The lowest BCUT2D eigenvalue weighted by Crippen LogP contribution is -2.43. The lowest BCUT2D eigenvalue weighted by Gasteiger charge is -2.30. The molecule has 2 heterocycles. The molecule has 2 fully saturated rings. The van der Waals surface area contributed by atoms with Crippen LogP contribution in [0, 0.1) is 5.92 Å². The highest BCUT2D eigenvalue weighted by atomic mass is 16.5. The van der Waals surface area contributed by atoms with E-state index < -0.39 is 0 Å². The lowest BCUT2D eigenvalue weighted by atomic mass is 9.98. The van der Waals surface area contributed by atoms with E-state index in [-0.39, 0.29) is 17.8 Å². The number of piperidine rings is 1. The Morgan fingerprint density at radius 2 is 1.75 bits per heavy atom. The van der Waals surface area contributed by atoms with Gasteiger partial charge in [-0.25, -0.2) is 0 Å². The maximum absolute atomic E-state index is 12.4. The summed E-state index contributed by atoms with van der Waals surface area (Å²) in [4.78, 5) is 28.9. The Morgan fingerprint density at radius 3 is 2.43 bits per heavy atom. The van der Waals surface area contributed by atoms with Gasteiger partial charge in [-0.1, -0.05) is 12.8 Å². The van der Waals surface area contributed by atoms with Crippen LogP contribution < -0.4 is 10.2 Å². The van der Waals surface area contributed by atoms with Gasteiger partial charge in [0.25, 0.3) is 0 Å². The van der Waals surface area contributed by atoms with Crippen LogP contribution in [0.15, 0.2) is 24.3 Å². The number of carbonyl (C=O) groups is 2. The molecule has 1 N–H and O–H groups in total. The molecule has 0 unspecified atom stereocenters. The Balaban J connectivity index is 1.48. The third kappa shape index (κ3) is 5.96. The zero-order chi connectivity index (χ0) is 19.8. The van der Waals surface area contributed by atoms with Gasteiger partial charge in [-0.15, -0.1) is 0 Å². The number of nitrogens with zero attached hydrogens (tertiary/aromatic N) is 2. The molecule has 2 saturated heterocycles. The lowest BCUT2D eigenvalue weighted by molar-refractivity contribution is -0.150. The second-order valence-corrected chi connectivity index (χ2v) is 7.82. The molecule has 3 rings (SSSR count). The molecule has 0 aromatic heterocycles. The van der Waals surface area contributed by atoms with Crippen LogP contribution >= 0.6 is 0 Å². The highest BCUT2D eigenvalue weighted by Gasteiger charge is 2.27. The van der Waals surface area contributed by atoms with Gasteiger partial charge in [-0.3, -0.25) is 14.5 Å². The number of nitrogens with one attached hydrogen (secondary N) is 1. The molecular weight excluding hydrogens is 354 g/mol. The predicted molar refractivity (Wildman–Crippen MR) is 112 cm³/mol. The summed E-state index contributed by atoms with van der Waals surface area (Å²) in [6, 6.07) is 8.16. The minimum atomic E-state index is -0.142. The van der Waals surface area contributed by atoms with Gasteiger partial charge in [0.2, 0.25) is 5.91 Å². The van der Waals surface area contributed by atoms with Crippen molar-refractivity contribution < 1.29 is 14.3 Å². The molecule has 0 aliphatic carbocycles. The molecule has 6 nitrogen and oxygen atoms in total. The molecule has 0 saturated carbocycles. The smallest absolute Gasteiger partial charge is 0.310 e. The number of hydrogen-bond acceptors (Lipinski definition) is 5. The van der Waals surface area contributed by atoms with Crippen LogP contribution in [0.1, 0.15) is 45.4 Å². The second-order valence-electron chi connectivity index (χ2n) is 7.82. The van der Waals surface area contributed by atoms with E-state index in [1.807, 2.05) is 24.0 Å². The first-order valence-electron chi connectivity index (χ1n) is 10.7. The number of hydrogen-bond donors (Lipinski definition) is 1. The Labute approximate surface area is 168 Å². The largest absolute Gasteiger partial charge is 0.466 e. The van der Waals surface area contributed by atoms with E-state index in [0.29, 0.717) is 19.7 Å². The number of rotatable bonds is 6. The molecule has 1 amide bonds. The van der Waals surface area contributed by atoms with Gasteiger partial charge in [-0.2, -0.15) is 0 Å². The van der Waals surface area contributed by atoms with Crippen LogP contribution in [0.2, 0.25) is 0 Å². The number of anilines is 2. The molecule has 28 heavy (non-hydrogen) atoms. The summed E-state index contributed by atoms with van der Waals surface area (Å²) in [6.07, 6.45) is 6.90. The first-order chi connectivity index (χ1) is 13.7. The van der Waals surface area contributed by atoms with E-state index in [4.69, 9.17) is 4.74 Å². The van der Waals surface area contributed by atoms with Crippen molar-refractivity contribution in [2.45, 2.75) is 45.4 Å². The highest BCUT2D eigenvalue weighted by molar-refractivity contribution is 5.92. The SMILES string of the molecule is CCOC(=O)[C@H]1CCCN(CC(=O)Nc2ccc(N3CCCCCC3)cc2)C1. The number of esters is 1. The normalized spacial score (nSPS) is 21.0. The summed E-state index contributed by atoms with van der Waals surface area (Å²) in [7, 11) is 0. The van der Waals surface area contributed by atoms with Gasteiger partial charge >= 0.3 is 5.97 Å². The van der Waals surface area contributed by atoms with Gasteiger partial charge in [0.1, 0.15) is 0 Å². The first kappa shape index (κ1) is 20.6. The van der Waals surface area contributed by atoms with Crippen LogP contribution in [0.25, 0.3) is 0 Å². The minimum absolute atomic E-state index is 0.0352. The Bertz CT molecular complexity index is 639. The van der Waals surface area contributed by atoms with Crippen LogP contribution in [0.4, 0.5) is 11.4 Å². The minimum Gasteiger partial charge on any atom is -0.466 e. The summed E-state index contributed by atoms with van der Waals surface area (Å²) >= 11 is 0. The van der Waals surface area contributed by atoms with Crippen molar-refractivity contribution in [1.29, 1.82) is 0 Å². The molecule has 2 aliphatic heterocycles. The topological polar surface area (TPSA) is 61.9 Å². The van der Waals surface area contributed by atoms with Crippen LogP contribution in [-0.2, 0) is 14.3 Å². The maximum Gasteiger partial charge on any atom is 0.310 e. The summed E-state index contributed by atoms with van der Waals surface area (Å²) < 4.78 is 5.13. The third-order valence-corrected chi connectivity index (χ3v) is 5.61. The second kappa shape index (κ2) is 10.5. The third-order valence-electron chi connectivity index (χ3n) is 5.61. The van der Waals surface area contributed by atoms with Crippen molar-refractivity contribution >= 4 is 23.3 Å². The average Bonchev–Trinajstić information content (AvgIpc) is 2.98. The van der Waals surface area contributed by atoms with Crippen molar-refractivity contribution in [3.8, 4) is 0 Å². The molecule has 1 atom stereocenters. The highest BCUT2D eigenvalue weighted by Crippen LogP contribution is 2.22. The number of likely N-dealkylation sites (tertiary alicyclic amines) is 1. The molecule has 1 aromatic rings. The zero-order valence-electron chi connectivity index (χ0n) is 17.0. The summed E-state index contributed by atoms with van der Waals surface area (Å²) in [5.74, 6) is -0.293. The van der Waals surface area contributed by atoms with E-state index in [1.54, 1.807) is 0 Å². The molecule has 0 spiro atoms. The maximum atomic E-state index is 12.4. The fraction of sp³-hybridized carbons (Fsp3) is 0.636. The van der Waals surface area contributed by atoms with Gasteiger partial charge in [-0.05, 0) is 63.4 Å². The Kier molecular flexibility index (Phi) is 7.71. The molecule has 6 heteroatoms. The van der Waals surface area contributed by atoms with Crippen molar-refractivity contribution in [3.05, 3.63) is 24.3 Å². The van der Waals surface area contributed by atoms with Gasteiger partial charge < -0.3 is 15.0 Å². The van der Waals surface area contributed by atoms with Crippen molar-refractivity contribution in [2.24, 2.45) is 5.92 Å². The van der Waals surface area contributed by atoms with Crippen molar-refractivity contribution in [1.82, 2.24) is 4.90 Å². The fourth-order valence-corrected chi connectivity index (χ4v) is 4.14. The number of amides is 1. The summed E-state index contributed by atoms with van der Waals surface area (Å²) in [6.45, 7) is 6.21. The van der Waals surface area contributed by atoms with Gasteiger partial charge in [0.05, 0.1) is 19.1 Å². The van der Waals surface area contributed by atoms with E-state index in [1.165, 1.54) is 31.4 Å². The predicted octanol–water partition coefficient (Wildman–Crippen LogP) is 3.28. The Morgan fingerprint density at radius 1 is 1.04 bits per heavy atom. The van der Waals surface area contributed by atoms with Crippen molar-refractivity contribution in [2.75, 3.05) is 49.5 Å². The quantitative estimate of drug-likeness (QED) is 0.759. The molecule has 0 radical (unpaired) electrons. The average molecular weight is 388 g/mol.